The predicted molar refractivity (Wildman–Crippen MR) is 151 cm³/mol. The number of allylic oxidation sites excluding steroid dienone is 2. The van der Waals surface area contributed by atoms with Gasteiger partial charge in [-0.15, -0.1) is 13.2 Å². The van der Waals surface area contributed by atoms with Gasteiger partial charge in [-0.2, -0.15) is 13.2 Å². The maximum atomic E-state index is 14.1. The van der Waals surface area contributed by atoms with Gasteiger partial charge in [-0.1, -0.05) is 29.8 Å². The summed E-state index contributed by atoms with van der Waals surface area (Å²) in [5, 5.41) is -0.0822. The van der Waals surface area contributed by atoms with Gasteiger partial charge in [0.05, 0.1) is 29.1 Å². The average molecular weight is 592 g/mol. The molecule has 2 unspecified atom stereocenters. The van der Waals surface area contributed by atoms with E-state index in [0.29, 0.717) is 36.9 Å². The Hall–Kier alpha value is -3.33. The van der Waals surface area contributed by atoms with E-state index in [1.54, 1.807) is 41.9 Å². The first kappa shape index (κ1) is 30.6. The van der Waals surface area contributed by atoms with Crippen molar-refractivity contribution in [3.63, 3.8) is 0 Å². The van der Waals surface area contributed by atoms with Crippen LogP contribution in [0.15, 0.2) is 61.7 Å². The van der Waals surface area contributed by atoms with Gasteiger partial charge in [0, 0.05) is 25.2 Å². The SMILES string of the molecule is C=CCC1(CC=C)CC2C(c3ccc(F)cc3C)N(C(=O)N(C)[C@H](C)c3cc(Cl)cc(C(F)(F)F)c3)CCN2C1=O. The molecule has 0 N–H and O–H groups in total. The van der Waals surface area contributed by atoms with Crippen LogP contribution in [0, 0.1) is 18.2 Å². The van der Waals surface area contributed by atoms with E-state index in [9.17, 15) is 27.2 Å². The van der Waals surface area contributed by atoms with E-state index in [-0.39, 0.29) is 23.0 Å². The topological polar surface area (TPSA) is 43.9 Å². The largest absolute Gasteiger partial charge is 0.416 e. The highest BCUT2D eigenvalue weighted by Crippen LogP contribution is 2.50. The minimum Gasteiger partial charge on any atom is -0.335 e. The van der Waals surface area contributed by atoms with Gasteiger partial charge < -0.3 is 14.7 Å². The van der Waals surface area contributed by atoms with Gasteiger partial charge in [0.2, 0.25) is 5.91 Å². The zero-order chi connectivity index (χ0) is 30.3. The van der Waals surface area contributed by atoms with E-state index in [1.165, 1.54) is 30.1 Å². The number of aryl methyl sites for hydroxylation is 1. The minimum atomic E-state index is -4.60. The lowest BCUT2D eigenvalue weighted by Gasteiger charge is -2.47. The Kier molecular flexibility index (Phi) is 8.60. The zero-order valence-corrected chi connectivity index (χ0v) is 24.1. The molecule has 2 aromatic carbocycles. The summed E-state index contributed by atoms with van der Waals surface area (Å²) in [5.74, 6) is -0.446. The van der Waals surface area contributed by atoms with Crippen molar-refractivity contribution in [1.29, 1.82) is 0 Å². The number of nitrogens with zero attached hydrogens (tertiary/aromatic N) is 3. The summed E-state index contributed by atoms with van der Waals surface area (Å²) in [7, 11) is 1.53. The fourth-order valence-corrected chi connectivity index (χ4v) is 6.56. The van der Waals surface area contributed by atoms with Crippen molar-refractivity contribution in [2.75, 3.05) is 20.1 Å². The first-order chi connectivity index (χ1) is 19.2. The van der Waals surface area contributed by atoms with Gasteiger partial charge in [-0.05, 0) is 80.1 Å². The van der Waals surface area contributed by atoms with E-state index < -0.39 is 47.1 Å². The highest BCUT2D eigenvalue weighted by atomic mass is 35.5. The van der Waals surface area contributed by atoms with Crippen molar-refractivity contribution in [3.8, 4) is 0 Å². The minimum absolute atomic E-state index is 0.0282. The van der Waals surface area contributed by atoms with Gasteiger partial charge in [-0.25, -0.2) is 9.18 Å². The Morgan fingerprint density at radius 2 is 1.83 bits per heavy atom. The standard InChI is InChI=1S/C31H34ClF4N3O2/c1-6-10-30(11-7-2)18-26-27(25-9-8-24(33)14-19(25)3)39(13-12-38(26)28(30)40)29(41)37(5)20(4)21-15-22(31(34,35)36)17-23(32)16-21/h6-9,14-17,20,26-27H,1-2,10-13,18H2,3-5H3/t20-,26?,27?/m1/s1. The summed E-state index contributed by atoms with van der Waals surface area (Å²) >= 11 is 6.02. The van der Waals surface area contributed by atoms with Crippen molar-refractivity contribution in [3.05, 3.63) is 94.8 Å². The van der Waals surface area contributed by atoms with Crippen LogP contribution in [0.5, 0.6) is 0 Å². The number of piperazine rings is 1. The molecule has 3 amide bonds. The molecular formula is C31H34ClF4N3O2. The third-order valence-electron chi connectivity index (χ3n) is 8.48. The lowest BCUT2D eigenvalue weighted by atomic mass is 9.76. The lowest BCUT2D eigenvalue weighted by molar-refractivity contribution is -0.139. The Bertz CT molecular complexity index is 1350. The molecule has 0 spiro atoms. The van der Waals surface area contributed by atoms with Gasteiger partial charge in [0.1, 0.15) is 5.82 Å². The molecule has 2 aliphatic heterocycles. The third kappa shape index (κ3) is 5.73. The predicted octanol–water partition coefficient (Wildman–Crippen LogP) is 7.72. The van der Waals surface area contributed by atoms with Crippen molar-refractivity contribution >= 4 is 23.5 Å². The number of urea groups is 1. The fraction of sp³-hybridized carbons (Fsp3) is 0.419. The number of halogens is 5. The van der Waals surface area contributed by atoms with E-state index in [0.717, 1.165) is 12.1 Å². The first-order valence-electron chi connectivity index (χ1n) is 13.4. The monoisotopic (exact) mass is 591 g/mol. The molecule has 2 aliphatic rings. The number of alkyl halides is 3. The van der Waals surface area contributed by atoms with E-state index in [4.69, 9.17) is 11.6 Å². The summed E-state index contributed by atoms with van der Waals surface area (Å²) in [4.78, 5) is 32.7. The van der Waals surface area contributed by atoms with Crippen LogP contribution in [0.2, 0.25) is 5.02 Å². The number of hydrogen-bond donors (Lipinski definition) is 0. The summed E-state index contributed by atoms with van der Waals surface area (Å²) in [6.07, 6.45) is 0.176. The molecule has 0 radical (unpaired) electrons. The van der Waals surface area contributed by atoms with Crippen LogP contribution in [-0.4, -0.2) is 52.8 Å². The van der Waals surface area contributed by atoms with Crippen LogP contribution < -0.4 is 0 Å². The molecule has 2 fully saturated rings. The molecule has 0 bridgehead atoms. The Morgan fingerprint density at radius 1 is 1.17 bits per heavy atom. The molecule has 4 rings (SSSR count). The smallest absolute Gasteiger partial charge is 0.335 e. The molecule has 0 aromatic heterocycles. The molecular weight excluding hydrogens is 558 g/mol. The fourth-order valence-electron chi connectivity index (χ4n) is 6.31. The molecule has 2 heterocycles. The molecule has 0 aliphatic carbocycles. The summed E-state index contributed by atoms with van der Waals surface area (Å²) in [6, 6.07) is 5.46. The van der Waals surface area contributed by atoms with Crippen molar-refractivity contribution in [1.82, 2.24) is 14.7 Å². The van der Waals surface area contributed by atoms with E-state index >= 15 is 0 Å². The number of amides is 3. The van der Waals surface area contributed by atoms with Gasteiger partial charge in [0.25, 0.3) is 0 Å². The zero-order valence-electron chi connectivity index (χ0n) is 23.3. The van der Waals surface area contributed by atoms with Crippen LogP contribution in [0.4, 0.5) is 22.4 Å². The molecule has 2 saturated heterocycles. The van der Waals surface area contributed by atoms with Crippen LogP contribution in [-0.2, 0) is 11.0 Å². The van der Waals surface area contributed by atoms with Crippen molar-refractivity contribution < 1.29 is 27.2 Å². The number of carbonyl (C=O) groups excluding carboxylic acids is 2. The van der Waals surface area contributed by atoms with Gasteiger partial charge >= 0.3 is 12.2 Å². The Labute approximate surface area is 243 Å². The van der Waals surface area contributed by atoms with Crippen LogP contribution >= 0.6 is 11.6 Å². The summed E-state index contributed by atoms with van der Waals surface area (Å²) in [6.45, 7) is 11.6. The number of fused-ring (bicyclic) bond motifs is 1. The van der Waals surface area contributed by atoms with Crippen LogP contribution in [0.25, 0.3) is 0 Å². The number of carbonyl (C=O) groups is 2. The maximum Gasteiger partial charge on any atom is 0.416 e. The van der Waals surface area contributed by atoms with Crippen LogP contribution in [0.1, 0.15) is 60.5 Å². The highest BCUT2D eigenvalue weighted by Gasteiger charge is 2.56. The molecule has 3 atom stereocenters. The summed E-state index contributed by atoms with van der Waals surface area (Å²) in [5.41, 5.74) is -0.0639. The Morgan fingerprint density at radius 3 is 2.41 bits per heavy atom. The summed E-state index contributed by atoms with van der Waals surface area (Å²) < 4.78 is 54.6. The molecule has 0 saturated carbocycles. The van der Waals surface area contributed by atoms with Crippen molar-refractivity contribution in [2.45, 2.75) is 57.4 Å². The Balaban J connectivity index is 1.74. The number of hydrogen-bond acceptors (Lipinski definition) is 2. The van der Waals surface area contributed by atoms with Gasteiger partial charge in [-0.3, -0.25) is 4.79 Å². The maximum absolute atomic E-state index is 14.1. The van der Waals surface area contributed by atoms with Crippen molar-refractivity contribution in [2.24, 2.45) is 5.41 Å². The third-order valence-corrected chi connectivity index (χ3v) is 8.69. The number of rotatable bonds is 7. The molecule has 41 heavy (non-hydrogen) atoms. The molecule has 220 valence electrons. The quantitative estimate of drug-likeness (QED) is 0.244. The number of benzene rings is 2. The van der Waals surface area contributed by atoms with E-state index in [1.807, 2.05) is 0 Å². The molecule has 2 aromatic rings. The molecule has 5 nitrogen and oxygen atoms in total. The lowest BCUT2D eigenvalue weighted by Crippen LogP contribution is -2.57. The van der Waals surface area contributed by atoms with E-state index in [2.05, 4.69) is 13.2 Å². The highest BCUT2D eigenvalue weighted by molar-refractivity contribution is 6.30. The second-order valence-electron chi connectivity index (χ2n) is 11.0. The molecule has 10 heteroatoms. The van der Waals surface area contributed by atoms with Crippen LogP contribution in [0.3, 0.4) is 0 Å². The average Bonchev–Trinajstić information content (AvgIpc) is 3.18. The second-order valence-corrected chi connectivity index (χ2v) is 11.5. The normalized spacial score (nSPS) is 20.9. The first-order valence-corrected chi connectivity index (χ1v) is 13.8. The van der Waals surface area contributed by atoms with Gasteiger partial charge in [0.15, 0.2) is 0 Å². The second kappa shape index (κ2) is 11.5.